The predicted octanol–water partition coefficient (Wildman–Crippen LogP) is 1.45. The third-order valence-electron chi connectivity index (χ3n) is 3.15. The van der Waals surface area contributed by atoms with Gasteiger partial charge in [-0.2, -0.15) is 0 Å². The van der Waals surface area contributed by atoms with Gasteiger partial charge in [0, 0.05) is 35.9 Å². The minimum Gasteiger partial charge on any atom is -0.477 e. The number of carbonyl (C=O) groups is 1. The van der Waals surface area contributed by atoms with Crippen LogP contribution in [-0.2, 0) is 23.6 Å². The Morgan fingerprint density at radius 1 is 1.35 bits per heavy atom. The van der Waals surface area contributed by atoms with Crippen LogP contribution in [0.1, 0.15) is 17.3 Å². The number of carboxylic acid groups (broad SMARTS) is 1. The Bertz CT molecular complexity index is 752. The number of ether oxygens (including phenoxy) is 2. The van der Waals surface area contributed by atoms with E-state index in [0.29, 0.717) is 28.9 Å². The van der Waals surface area contributed by atoms with E-state index in [1.165, 1.54) is 6.20 Å². The van der Waals surface area contributed by atoms with Crippen LogP contribution in [0, 0.1) is 0 Å². The number of fused-ring (bicyclic) bond motifs is 2. The smallest absolute Gasteiger partial charge is 0.341 e. The van der Waals surface area contributed by atoms with Gasteiger partial charge in [-0.3, -0.25) is 4.79 Å². The van der Waals surface area contributed by atoms with Gasteiger partial charge in [0.15, 0.2) is 11.5 Å². The van der Waals surface area contributed by atoms with E-state index < -0.39 is 11.4 Å². The van der Waals surface area contributed by atoms with Gasteiger partial charge >= 0.3 is 5.97 Å². The zero-order chi connectivity index (χ0) is 13.6. The maximum Gasteiger partial charge on any atom is 0.341 e. The van der Waals surface area contributed by atoms with Gasteiger partial charge in [-0.25, -0.2) is 4.79 Å². The van der Waals surface area contributed by atoms with E-state index in [1.54, 1.807) is 16.7 Å². The molecule has 0 spiro atoms. The summed E-state index contributed by atoms with van der Waals surface area (Å²) in [7, 11) is 0. The number of rotatable bonds is 2. The Kier molecular flexibility index (Phi) is 3.74. The molecule has 0 amide bonds. The van der Waals surface area contributed by atoms with Crippen molar-refractivity contribution in [2.75, 3.05) is 6.79 Å². The number of carboxylic acids is 1. The molecule has 1 aromatic heterocycles. The summed E-state index contributed by atoms with van der Waals surface area (Å²) < 4.78 is 12.2. The first-order valence-corrected chi connectivity index (χ1v) is 5.82. The summed E-state index contributed by atoms with van der Waals surface area (Å²) in [6, 6.07) is 3.24. The Labute approximate surface area is 124 Å². The maximum atomic E-state index is 12.1. The quantitative estimate of drug-likeness (QED) is 0.846. The molecule has 20 heavy (non-hydrogen) atoms. The van der Waals surface area contributed by atoms with Crippen molar-refractivity contribution in [1.29, 1.82) is 0 Å². The van der Waals surface area contributed by atoms with E-state index in [-0.39, 0.29) is 29.4 Å². The van der Waals surface area contributed by atoms with Crippen molar-refractivity contribution >= 4 is 16.9 Å². The zero-order valence-electron chi connectivity index (χ0n) is 10.5. The summed E-state index contributed by atoms with van der Waals surface area (Å²) in [6.45, 7) is 2.54. The Balaban J connectivity index is 0.00000147. The molecule has 2 heterocycles. The summed E-state index contributed by atoms with van der Waals surface area (Å²) in [4.78, 5) is 23.2. The third kappa shape index (κ3) is 2.05. The van der Waals surface area contributed by atoms with E-state index in [9.17, 15) is 9.59 Å². The van der Waals surface area contributed by atoms with Crippen molar-refractivity contribution in [3.63, 3.8) is 0 Å². The second kappa shape index (κ2) is 5.19. The molecule has 1 aliphatic heterocycles. The number of aromatic carboxylic acids is 1. The van der Waals surface area contributed by atoms with Crippen molar-refractivity contribution in [3.8, 4) is 11.5 Å². The molecular weight excluding hydrogens is 314 g/mol. The van der Waals surface area contributed by atoms with E-state index in [2.05, 4.69) is 0 Å². The molecule has 6 nitrogen and oxygen atoms in total. The van der Waals surface area contributed by atoms with E-state index in [0.717, 1.165) is 0 Å². The van der Waals surface area contributed by atoms with Crippen LogP contribution in [0.5, 0.6) is 11.5 Å². The van der Waals surface area contributed by atoms with E-state index in [1.807, 2.05) is 6.92 Å². The van der Waals surface area contributed by atoms with Crippen LogP contribution >= 0.6 is 0 Å². The average molecular weight is 325 g/mol. The van der Waals surface area contributed by atoms with Crippen LogP contribution in [0.3, 0.4) is 0 Å². The van der Waals surface area contributed by atoms with Crippen molar-refractivity contribution in [2.45, 2.75) is 13.5 Å². The zero-order valence-corrected chi connectivity index (χ0v) is 11.4. The molecule has 109 valence electrons. The number of nitrogens with zero attached hydrogens (tertiary/aromatic N) is 1. The third-order valence-corrected chi connectivity index (χ3v) is 3.15. The fourth-order valence-corrected chi connectivity index (χ4v) is 2.19. The number of aryl methyl sites for hydroxylation is 1. The average Bonchev–Trinajstić information content (AvgIpc) is 2.84. The molecule has 7 heteroatoms. The number of aromatic nitrogens is 1. The summed E-state index contributed by atoms with van der Waals surface area (Å²) in [5.41, 5.74) is -0.111. The molecule has 0 bridgehead atoms. The van der Waals surface area contributed by atoms with Crippen LogP contribution in [0.15, 0.2) is 23.1 Å². The van der Waals surface area contributed by atoms with Gasteiger partial charge in [-0.15, -0.1) is 0 Å². The number of pyridine rings is 1. The molecule has 0 unspecified atom stereocenters. The fourth-order valence-electron chi connectivity index (χ4n) is 2.19. The van der Waals surface area contributed by atoms with Gasteiger partial charge < -0.3 is 19.1 Å². The number of benzene rings is 1. The monoisotopic (exact) mass is 324 g/mol. The fraction of sp³-hybridized carbons (Fsp3) is 0.231. The second-order valence-corrected chi connectivity index (χ2v) is 4.19. The first kappa shape index (κ1) is 14.4. The van der Waals surface area contributed by atoms with Crippen LogP contribution in [0.4, 0.5) is 0 Å². The van der Waals surface area contributed by atoms with Crippen LogP contribution in [-0.4, -0.2) is 22.4 Å². The van der Waals surface area contributed by atoms with E-state index >= 15 is 0 Å². The van der Waals surface area contributed by atoms with Gasteiger partial charge in [0.1, 0.15) is 5.56 Å². The topological polar surface area (TPSA) is 77.8 Å². The van der Waals surface area contributed by atoms with Crippen molar-refractivity contribution in [2.24, 2.45) is 0 Å². The molecule has 3 rings (SSSR count). The summed E-state index contributed by atoms with van der Waals surface area (Å²) in [6.07, 6.45) is 1.36. The molecule has 1 aliphatic rings. The Morgan fingerprint density at radius 3 is 2.60 bits per heavy atom. The van der Waals surface area contributed by atoms with Crippen LogP contribution < -0.4 is 14.9 Å². The second-order valence-electron chi connectivity index (χ2n) is 4.19. The van der Waals surface area contributed by atoms with Gasteiger partial charge in [-0.1, -0.05) is 0 Å². The SMILES string of the molecule is CCn1cc(C(=O)O)c(=O)c2cc3c(cc21)OCO3.[Cu]. The molecule has 1 radical (unpaired) electrons. The van der Waals surface area contributed by atoms with E-state index in [4.69, 9.17) is 14.6 Å². The maximum absolute atomic E-state index is 12.1. The largest absolute Gasteiger partial charge is 0.477 e. The molecule has 0 fully saturated rings. The first-order chi connectivity index (χ1) is 9.11. The standard InChI is InChI=1S/C13H11NO5.Cu/c1-2-14-5-8(13(16)17)12(15)7-3-10-11(4-9(7)14)19-6-18-10;/h3-5H,2,6H2,1H3,(H,16,17);. The van der Waals surface area contributed by atoms with Crippen molar-refractivity contribution in [3.05, 3.63) is 34.1 Å². The molecule has 2 aromatic rings. The number of hydrogen-bond donors (Lipinski definition) is 1. The van der Waals surface area contributed by atoms with Crippen molar-refractivity contribution < 1.29 is 36.4 Å². The van der Waals surface area contributed by atoms with Gasteiger partial charge in [0.05, 0.1) is 10.9 Å². The molecular formula is C13H11CuNO5. The Hall–Kier alpha value is -1.98. The molecule has 1 aromatic carbocycles. The van der Waals surface area contributed by atoms with Crippen LogP contribution in [0.25, 0.3) is 10.9 Å². The summed E-state index contributed by atoms with van der Waals surface area (Å²) >= 11 is 0. The van der Waals surface area contributed by atoms with Gasteiger partial charge in [0.25, 0.3) is 0 Å². The predicted molar refractivity (Wildman–Crippen MR) is 67.0 cm³/mol. The molecule has 0 saturated carbocycles. The summed E-state index contributed by atoms with van der Waals surface area (Å²) in [5, 5.41) is 9.39. The minimum atomic E-state index is -1.23. The molecule has 0 atom stereocenters. The summed E-state index contributed by atoms with van der Waals surface area (Å²) in [5.74, 6) is -0.196. The normalized spacial score (nSPS) is 12.2. The molecule has 1 N–H and O–H groups in total. The van der Waals surface area contributed by atoms with Gasteiger partial charge in [-0.05, 0) is 13.0 Å². The first-order valence-electron chi connectivity index (χ1n) is 5.82. The van der Waals surface area contributed by atoms with Crippen molar-refractivity contribution in [1.82, 2.24) is 4.57 Å². The molecule has 0 aliphatic carbocycles. The number of hydrogen-bond acceptors (Lipinski definition) is 4. The molecule has 0 saturated heterocycles. The Morgan fingerprint density at radius 2 is 2.00 bits per heavy atom. The van der Waals surface area contributed by atoms with Gasteiger partial charge in [0.2, 0.25) is 12.2 Å². The van der Waals surface area contributed by atoms with Crippen LogP contribution in [0.2, 0.25) is 0 Å². The minimum absolute atomic E-state index is 0.